The van der Waals surface area contributed by atoms with Crippen LogP contribution in [0.4, 0.5) is 0 Å². The minimum absolute atomic E-state index is 0. The van der Waals surface area contributed by atoms with Crippen LogP contribution < -0.4 is 10.1 Å². The second-order valence-electron chi connectivity index (χ2n) is 5.77. The predicted octanol–water partition coefficient (Wildman–Crippen LogP) is 4.08. The Morgan fingerprint density at radius 2 is 1.58 bits per heavy atom. The van der Waals surface area contributed by atoms with E-state index in [0.29, 0.717) is 12.6 Å². The van der Waals surface area contributed by atoms with Gasteiger partial charge in [0.15, 0.2) is 0 Å². The summed E-state index contributed by atoms with van der Waals surface area (Å²) in [6.45, 7) is 7.21. The third kappa shape index (κ3) is 5.38. The maximum absolute atomic E-state index is 6.09. The Bertz CT molecular complexity index is 589. The van der Waals surface area contributed by atoms with Gasteiger partial charge < -0.3 is 10.1 Å². The zero-order chi connectivity index (χ0) is 15.2. The molecule has 5 heteroatoms. The van der Waals surface area contributed by atoms with Gasteiger partial charge in [-0.3, -0.25) is 4.90 Å². The van der Waals surface area contributed by atoms with Crippen molar-refractivity contribution in [3.8, 4) is 5.75 Å². The Labute approximate surface area is 157 Å². The number of benzene rings is 2. The van der Waals surface area contributed by atoms with Crippen LogP contribution in [-0.2, 0) is 6.61 Å². The van der Waals surface area contributed by atoms with E-state index in [1.54, 1.807) is 0 Å². The first-order chi connectivity index (χ1) is 10.8. The van der Waals surface area contributed by atoms with Crippen LogP contribution in [0.1, 0.15) is 24.1 Å². The van der Waals surface area contributed by atoms with Crippen LogP contribution in [0.5, 0.6) is 5.75 Å². The normalized spacial score (nSPS) is 15.7. The van der Waals surface area contributed by atoms with E-state index in [9.17, 15) is 0 Å². The minimum Gasteiger partial charge on any atom is -0.489 e. The molecule has 0 aromatic heterocycles. The number of piperazine rings is 1. The molecule has 1 heterocycles. The lowest BCUT2D eigenvalue weighted by Crippen LogP contribution is -2.44. The topological polar surface area (TPSA) is 24.5 Å². The SMILES string of the molecule is C[C@H](c1ccccc1OCc1ccccc1)N1CCNCC1.Cl.Cl. The highest BCUT2D eigenvalue weighted by atomic mass is 35.5. The third-order valence-electron chi connectivity index (χ3n) is 4.31. The average molecular weight is 369 g/mol. The lowest BCUT2D eigenvalue weighted by Gasteiger charge is -2.33. The van der Waals surface area contributed by atoms with Gasteiger partial charge in [-0.05, 0) is 18.6 Å². The lowest BCUT2D eigenvalue weighted by atomic mass is 10.0. The summed E-state index contributed by atoms with van der Waals surface area (Å²) in [6.07, 6.45) is 0. The molecule has 0 aliphatic carbocycles. The van der Waals surface area contributed by atoms with Gasteiger partial charge >= 0.3 is 0 Å². The summed E-state index contributed by atoms with van der Waals surface area (Å²) in [5, 5.41) is 3.41. The number of para-hydroxylation sites is 1. The van der Waals surface area contributed by atoms with Crippen LogP contribution >= 0.6 is 24.8 Å². The van der Waals surface area contributed by atoms with Crippen molar-refractivity contribution in [2.24, 2.45) is 0 Å². The highest BCUT2D eigenvalue weighted by Gasteiger charge is 2.20. The molecule has 0 bridgehead atoms. The fourth-order valence-electron chi connectivity index (χ4n) is 2.96. The van der Waals surface area contributed by atoms with E-state index in [1.807, 2.05) is 24.3 Å². The maximum Gasteiger partial charge on any atom is 0.124 e. The van der Waals surface area contributed by atoms with E-state index in [0.717, 1.165) is 31.9 Å². The first-order valence-corrected chi connectivity index (χ1v) is 8.05. The molecule has 1 saturated heterocycles. The van der Waals surface area contributed by atoms with Gasteiger partial charge in [0.1, 0.15) is 12.4 Å². The highest BCUT2D eigenvalue weighted by molar-refractivity contribution is 5.85. The van der Waals surface area contributed by atoms with Gasteiger partial charge in [-0.1, -0.05) is 48.5 Å². The number of hydrogen-bond acceptors (Lipinski definition) is 3. The molecule has 132 valence electrons. The lowest BCUT2D eigenvalue weighted by molar-refractivity contribution is 0.180. The first kappa shape index (κ1) is 20.8. The number of nitrogens with zero attached hydrogens (tertiary/aromatic N) is 1. The maximum atomic E-state index is 6.09. The molecule has 2 aromatic carbocycles. The average Bonchev–Trinajstić information content (AvgIpc) is 2.61. The third-order valence-corrected chi connectivity index (χ3v) is 4.31. The standard InChI is InChI=1S/C19H24N2O.2ClH/c1-16(21-13-11-20-12-14-21)18-9-5-6-10-19(18)22-15-17-7-3-2-4-8-17;;/h2-10,16,20H,11-15H2,1H3;2*1H/t16-;;/m1../s1. The molecule has 1 N–H and O–H groups in total. The van der Waals surface area contributed by atoms with Crippen LogP contribution in [0, 0.1) is 0 Å². The molecule has 0 spiro atoms. The van der Waals surface area contributed by atoms with Crippen LogP contribution in [-0.4, -0.2) is 31.1 Å². The number of nitrogens with one attached hydrogen (secondary N) is 1. The first-order valence-electron chi connectivity index (χ1n) is 8.05. The molecule has 1 aliphatic heterocycles. The van der Waals surface area contributed by atoms with Gasteiger partial charge in [-0.25, -0.2) is 0 Å². The fourth-order valence-corrected chi connectivity index (χ4v) is 2.96. The molecule has 0 amide bonds. The highest BCUT2D eigenvalue weighted by Crippen LogP contribution is 2.29. The van der Waals surface area contributed by atoms with Gasteiger partial charge in [0, 0.05) is 37.8 Å². The molecule has 1 atom stereocenters. The summed E-state index contributed by atoms with van der Waals surface area (Å²) < 4.78 is 6.09. The van der Waals surface area contributed by atoms with Crippen molar-refractivity contribution >= 4 is 24.8 Å². The predicted molar refractivity (Wildman–Crippen MR) is 105 cm³/mol. The van der Waals surface area contributed by atoms with Crippen molar-refractivity contribution in [2.75, 3.05) is 26.2 Å². The van der Waals surface area contributed by atoms with Crippen molar-refractivity contribution in [3.05, 3.63) is 65.7 Å². The van der Waals surface area contributed by atoms with Gasteiger partial charge in [0.25, 0.3) is 0 Å². The Morgan fingerprint density at radius 1 is 0.958 bits per heavy atom. The second kappa shape index (κ2) is 10.6. The van der Waals surface area contributed by atoms with Crippen molar-refractivity contribution in [3.63, 3.8) is 0 Å². The zero-order valence-electron chi connectivity index (χ0n) is 14.0. The second-order valence-corrected chi connectivity index (χ2v) is 5.77. The van der Waals surface area contributed by atoms with Crippen molar-refractivity contribution < 1.29 is 4.74 Å². The molecule has 24 heavy (non-hydrogen) atoms. The largest absolute Gasteiger partial charge is 0.489 e. The monoisotopic (exact) mass is 368 g/mol. The summed E-state index contributed by atoms with van der Waals surface area (Å²) in [5.41, 5.74) is 2.48. The molecule has 2 aromatic rings. The summed E-state index contributed by atoms with van der Waals surface area (Å²) in [4.78, 5) is 2.52. The molecule has 3 nitrogen and oxygen atoms in total. The molecule has 0 unspecified atom stereocenters. The van der Waals surface area contributed by atoms with Crippen LogP contribution in [0.25, 0.3) is 0 Å². The Morgan fingerprint density at radius 3 is 2.29 bits per heavy atom. The van der Waals surface area contributed by atoms with Crippen LogP contribution in [0.3, 0.4) is 0 Å². The van der Waals surface area contributed by atoms with Gasteiger partial charge in [-0.15, -0.1) is 24.8 Å². The number of ether oxygens (including phenoxy) is 1. The zero-order valence-corrected chi connectivity index (χ0v) is 15.6. The van der Waals surface area contributed by atoms with E-state index in [1.165, 1.54) is 11.1 Å². The van der Waals surface area contributed by atoms with Gasteiger partial charge in [0.2, 0.25) is 0 Å². The summed E-state index contributed by atoms with van der Waals surface area (Å²) in [7, 11) is 0. The summed E-state index contributed by atoms with van der Waals surface area (Å²) in [6, 6.07) is 19.1. The van der Waals surface area contributed by atoms with Crippen molar-refractivity contribution in [1.29, 1.82) is 0 Å². The van der Waals surface area contributed by atoms with Crippen LogP contribution in [0.15, 0.2) is 54.6 Å². The molecule has 0 radical (unpaired) electrons. The molecule has 3 rings (SSSR count). The van der Waals surface area contributed by atoms with Crippen molar-refractivity contribution in [1.82, 2.24) is 10.2 Å². The summed E-state index contributed by atoms with van der Waals surface area (Å²) in [5.74, 6) is 0.998. The van der Waals surface area contributed by atoms with Crippen LogP contribution in [0.2, 0.25) is 0 Å². The quantitative estimate of drug-likeness (QED) is 0.860. The van der Waals surface area contributed by atoms with Crippen molar-refractivity contribution in [2.45, 2.75) is 19.6 Å². The fraction of sp³-hybridized carbons (Fsp3) is 0.368. The Balaban J connectivity index is 0.00000144. The molecule has 0 saturated carbocycles. The van der Waals surface area contributed by atoms with Gasteiger partial charge in [0.05, 0.1) is 0 Å². The molecular weight excluding hydrogens is 343 g/mol. The molecular formula is C19H26Cl2N2O. The van der Waals surface area contributed by atoms with E-state index in [-0.39, 0.29) is 24.8 Å². The van der Waals surface area contributed by atoms with E-state index < -0.39 is 0 Å². The summed E-state index contributed by atoms with van der Waals surface area (Å²) >= 11 is 0. The van der Waals surface area contributed by atoms with E-state index in [2.05, 4.69) is 47.5 Å². The molecule has 1 fully saturated rings. The minimum atomic E-state index is 0. The van der Waals surface area contributed by atoms with E-state index >= 15 is 0 Å². The Kier molecular flexibility index (Phi) is 9.16. The number of hydrogen-bond donors (Lipinski definition) is 1. The van der Waals surface area contributed by atoms with E-state index in [4.69, 9.17) is 4.74 Å². The number of rotatable bonds is 5. The van der Waals surface area contributed by atoms with Gasteiger partial charge in [-0.2, -0.15) is 0 Å². The Hall–Kier alpha value is -1.26. The molecule has 1 aliphatic rings. The smallest absolute Gasteiger partial charge is 0.124 e. The number of halogens is 2.